The van der Waals surface area contributed by atoms with Crippen molar-refractivity contribution in [2.24, 2.45) is 0 Å². The van der Waals surface area contributed by atoms with Crippen LogP contribution >= 0.6 is 15.9 Å². The maximum absolute atomic E-state index is 3.60. The molecule has 0 radical (unpaired) electrons. The molecule has 1 heterocycles. The van der Waals surface area contributed by atoms with E-state index in [1.54, 1.807) is 0 Å². The molecular formula is C15H21BrN2. The lowest BCUT2D eigenvalue weighted by Crippen LogP contribution is -2.23. The van der Waals surface area contributed by atoms with Crippen LogP contribution in [0.5, 0.6) is 0 Å². The van der Waals surface area contributed by atoms with E-state index in [9.17, 15) is 0 Å². The van der Waals surface area contributed by atoms with Crippen LogP contribution in [-0.2, 0) is 6.54 Å². The van der Waals surface area contributed by atoms with Crippen LogP contribution in [0.1, 0.15) is 26.7 Å². The van der Waals surface area contributed by atoms with Crippen molar-refractivity contribution in [2.75, 3.05) is 6.54 Å². The summed E-state index contributed by atoms with van der Waals surface area (Å²) in [5, 5.41) is 4.76. The minimum Gasteiger partial charge on any atom is -0.347 e. The Bertz CT molecular complexity index is 502. The summed E-state index contributed by atoms with van der Waals surface area (Å²) in [6, 6.07) is 9.16. The number of hydrogen-bond donors (Lipinski definition) is 1. The molecule has 98 valence electrons. The second kappa shape index (κ2) is 6.39. The van der Waals surface area contributed by atoms with Crippen LogP contribution in [0.25, 0.3) is 10.9 Å². The number of unbranched alkanes of at least 4 members (excludes halogenated alkanes) is 1. The molecular weight excluding hydrogens is 288 g/mol. The van der Waals surface area contributed by atoms with Gasteiger partial charge in [-0.15, -0.1) is 0 Å². The molecule has 0 spiro atoms. The van der Waals surface area contributed by atoms with E-state index < -0.39 is 0 Å². The quantitative estimate of drug-likeness (QED) is 0.792. The Morgan fingerprint density at radius 3 is 2.83 bits per heavy atom. The van der Waals surface area contributed by atoms with Gasteiger partial charge in [-0.1, -0.05) is 35.8 Å². The Balaban J connectivity index is 1.90. The molecule has 0 aliphatic carbocycles. The fourth-order valence-electron chi connectivity index (χ4n) is 2.18. The van der Waals surface area contributed by atoms with Gasteiger partial charge in [-0.05, 0) is 37.6 Å². The second-order valence-corrected chi connectivity index (χ2v) is 5.85. The van der Waals surface area contributed by atoms with Crippen molar-refractivity contribution in [3.05, 3.63) is 34.9 Å². The molecule has 1 aromatic heterocycles. The van der Waals surface area contributed by atoms with E-state index in [1.165, 1.54) is 28.2 Å². The summed E-state index contributed by atoms with van der Waals surface area (Å²) < 4.78 is 3.52. The maximum Gasteiger partial charge on any atom is 0.0491 e. The molecule has 0 saturated heterocycles. The van der Waals surface area contributed by atoms with Crippen LogP contribution < -0.4 is 5.32 Å². The smallest absolute Gasteiger partial charge is 0.0491 e. The highest BCUT2D eigenvalue weighted by Gasteiger charge is 2.03. The zero-order valence-corrected chi connectivity index (χ0v) is 12.7. The van der Waals surface area contributed by atoms with Crippen LogP contribution in [0.3, 0.4) is 0 Å². The van der Waals surface area contributed by atoms with E-state index in [-0.39, 0.29) is 0 Å². The molecule has 0 unspecified atom stereocenters. The van der Waals surface area contributed by atoms with Crippen molar-refractivity contribution in [3.8, 4) is 0 Å². The highest BCUT2D eigenvalue weighted by Crippen LogP contribution is 2.24. The molecule has 1 N–H and O–H groups in total. The van der Waals surface area contributed by atoms with Crippen LogP contribution in [0, 0.1) is 0 Å². The third kappa shape index (κ3) is 3.36. The van der Waals surface area contributed by atoms with Gasteiger partial charge in [0.05, 0.1) is 0 Å². The monoisotopic (exact) mass is 308 g/mol. The van der Waals surface area contributed by atoms with Crippen molar-refractivity contribution in [1.29, 1.82) is 0 Å². The minimum absolute atomic E-state index is 0.591. The van der Waals surface area contributed by atoms with Gasteiger partial charge in [-0.2, -0.15) is 0 Å². The lowest BCUT2D eigenvalue weighted by atomic mass is 10.2. The van der Waals surface area contributed by atoms with Crippen LogP contribution in [0.15, 0.2) is 34.9 Å². The maximum atomic E-state index is 3.60. The van der Waals surface area contributed by atoms with Crippen molar-refractivity contribution in [1.82, 2.24) is 9.88 Å². The molecule has 0 fully saturated rings. The molecule has 2 aromatic rings. The molecule has 0 aliphatic heterocycles. The summed E-state index contributed by atoms with van der Waals surface area (Å²) in [7, 11) is 0. The molecule has 2 rings (SSSR count). The van der Waals surface area contributed by atoms with Crippen molar-refractivity contribution >= 4 is 26.8 Å². The van der Waals surface area contributed by atoms with Gasteiger partial charge < -0.3 is 9.88 Å². The first kappa shape index (κ1) is 13.6. The van der Waals surface area contributed by atoms with E-state index in [2.05, 4.69) is 70.1 Å². The first-order chi connectivity index (χ1) is 8.68. The van der Waals surface area contributed by atoms with E-state index in [4.69, 9.17) is 0 Å². The van der Waals surface area contributed by atoms with Gasteiger partial charge in [-0.25, -0.2) is 0 Å². The van der Waals surface area contributed by atoms with Gasteiger partial charge in [-0.3, -0.25) is 0 Å². The standard InChI is InChI=1S/C15H21BrN2/c1-12(2)17-9-3-4-10-18-11-8-13-14(16)6-5-7-15(13)18/h5-8,11-12,17H,3-4,9-10H2,1-2H3. The third-order valence-corrected chi connectivity index (χ3v) is 3.83. The van der Waals surface area contributed by atoms with Crippen molar-refractivity contribution < 1.29 is 0 Å². The average molecular weight is 309 g/mol. The number of aromatic nitrogens is 1. The van der Waals surface area contributed by atoms with Gasteiger partial charge in [0.2, 0.25) is 0 Å². The molecule has 0 saturated carbocycles. The van der Waals surface area contributed by atoms with E-state index in [0.717, 1.165) is 13.1 Å². The Morgan fingerprint density at radius 2 is 2.06 bits per heavy atom. The lowest BCUT2D eigenvalue weighted by Gasteiger charge is -2.09. The predicted molar refractivity (Wildman–Crippen MR) is 82.0 cm³/mol. The summed E-state index contributed by atoms with van der Waals surface area (Å²) in [5.41, 5.74) is 1.32. The van der Waals surface area contributed by atoms with Gasteiger partial charge in [0.15, 0.2) is 0 Å². The second-order valence-electron chi connectivity index (χ2n) is 5.00. The SMILES string of the molecule is CC(C)NCCCCn1ccc2c(Br)cccc21. The fraction of sp³-hybridized carbons (Fsp3) is 0.467. The van der Waals surface area contributed by atoms with Gasteiger partial charge in [0, 0.05) is 34.2 Å². The number of halogens is 1. The summed E-state index contributed by atoms with van der Waals surface area (Å²) in [4.78, 5) is 0. The van der Waals surface area contributed by atoms with E-state index in [0.29, 0.717) is 6.04 Å². The van der Waals surface area contributed by atoms with Crippen LogP contribution in [0.2, 0.25) is 0 Å². The van der Waals surface area contributed by atoms with Crippen LogP contribution in [0.4, 0.5) is 0 Å². The number of rotatable bonds is 6. The Labute approximate surface area is 118 Å². The number of nitrogens with one attached hydrogen (secondary N) is 1. The molecule has 0 aliphatic rings. The first-order valence-corrected chi connectivity index (χ1v) is 7.44. The summed E-state index contributed by atoms with van der Waals surface area (Å²) in [6.07, 6.45) is 4.63. The summed E-state index contributed by atoms with van der Waals surface area (Å²) in [5.74, 6) is 0. The number of fused-ring (bicyclic) bond motifs is 1. The van der Waals surface area contributed by atoms with Crippen molar-refractivity contribution in [2.45, 2.75) is 39.3 Å². The minimum atomic E-state index is 0.591. The zero-order valence-electron chi connectivity index (χ0n) is 11.1. The molecule has 18 heavy (non-hydrogen) atoms. The molecule has 0 amide bonds. The van der Waals surface area contributed by atoms with Gasteiger partial charge in [0.1, 0.15) is 0 Å². The molecule has 1 aromatic carbocycles. The summed E-state index contributed by atoms with van der Waals surface area (Å²) >= 11 is 3.60. The Morgan fingerprint density at radius 1 is 1.22 bits per heavy atom. The normalized spacial score (nSPS) is 11.6. The number of nitrogens with zero attached hydrogens (tertiary/aromatic N) is 1. The third-order valence-electron chi connectivity index (χ3n) is 3.14. The predicted octanol–water partition coefficient (Wildman–Crippen LogP) is 4.18. The van der Waals surface area contributed by atoms with Crippen LogP contribution in [-0.4, -0.2) is 17.2 Å². The molecule has 3 heteroatoms. The molecule has 0 atom stereocenters. The van der Waals surface area contributed by atoms with E-state index >= 15 is 0 Å². The number of hydrogen-bond acceptors (Lipinski definition) is 1. The Kier molecular flexibility index (Phi) is 4.84. The number of benzene rings is 1. The number of aryl methyl sites for hydroxylation is 1. The molecule has 0 bridgehead atoms. The van der Waals surface area contributed by atoms with E-state index in [1.807, 2.05) is 0 Å². The lowest BCUT2D eigenvalue weighted by molar-refractivity contribution is 0.535. The van der Waals surface area contributed by atoms with Gasteiger partial charge in [0.25, 0.3) is 0 Å². The highest BCUT2D eigenvalue weighted by atomic mass is 79.9. The zero-order chi connectivity index (χ0) is 13.0. The molecule has 2 nitrogen and oxygen atoms in total. The fourth-order valence-corrected chi connectivity index (χ4v) is 2.67. The Hall–Kier alpha value is -0.800. The topological polar surface area (TPSA) is 17.0 Å². The first-order valence-electron chi connectivity index (χ1n) is 6.65. The highest BCUT2D eigenvalue weighted by molar-refractivity contribution is 9.10. The van der Waals surface area contributed by atoms with Gasteiger partial charge >= 0.3 is 0 Å². The van der Waals surface area contributed by atoms with Crippen molar-refractivity contribution in [3.63, 3.8) is 0 Å². The average Bonchev–Trinajstić information content (AvgIpc) is 2.73. The summed E-state index contributed by atoms with van der Waals surface area (Å²) in [6.45, 7) is 6.59. The largest absolute Gasteiger partial charge is 0.347 e.